The Balaban J connectivity index is 2.04. The molecular formula is C13H19ClN2O. The van der Waals surface area contributed by atoms with Gasteiger partial charge in [0.25, 0.3) is 0 Å². The Hall–Kier alpha value is -0.770. The lowest BCUT2D eigenvalue weighted by Gasteiger charge is -2.26. The lowest BCUT2D eigenvalue weighted by atomic mass is 10.1. The highest BCUT2D eigenvalue weighted by atomic mass is 35.5. The first-order chi connectivity index (χ1) is 8.08. The molecule has 2 rings (SSSR count). The van der Waals surface area contributed by atoms with Crippen molar-refractivity contribution in [1.82, 2.24) is 4.90 Å². The number of benzene rings is 1. The molecule has 0 aliphatic carbocycles. The van der Waals surface area contributed by atoms with Crippen LogP contribution in [0.5, 0.6) is 0 Å². The number of rotatable bonds is 3. The minimum absolute atomic E-state index is 0.299. The maximum absolute atomic E-state index is 6.18. The summed E-state index contributed by atoms with van der Waals surface area (Å²) in [5.41, 5.74) is 7.51. The molecule has 1 aliphatic heterocycles. The number of halogens is 1. The van der Waals surface area contributed by atoms with E-state index in [0.29, 0.717) is 17.8 Å². The summed E-state index contributed by atoms with van der Waals surface area (Å²) < 4.78 is 5.58. The summed E-state index contributed by atoms with van der Waals surface area (Å²) in [5, 5.41) is 0.739. The van der Waals surface area contributed by atoms with Crippen LogP contribution in [0.25, 0.3) is 0 Å². The number of anilines is 1. The fourth-order valence-electron chi connectivity index (χ4n) is 2.38. The molecule has 17 heavy (non-hydrogen) atoms. The second-order valence-electron chi connectivity index (χ2n) is 4.70. The van der Waals surface area contributed by atoms with Crippen molar-refractivity contribution in [2.75, 3.05) is 19.4 Å². The van der Waals surface area contributed by atoms with Crippen LogP contribution in [-0.4, -0.2) is 30.7 Å². The van der Waals surface area contributed by atoms with Crippen molar-refractivity contribution in [3.8, 4) is 0 Å². The number of hydrogen-bond donors (Lipinski definition) is 1. The van der Waals surface area contributed by atoms with Crippen LogP contribution in [0, 0.1) is 0 Å². The monoisotopic (exact) mass is 254 g/mol. The largest absolute Gasteiger partial charge is 0.399 e. The van der Waals surface area contributed by atoms with Crippen LogP contribution >= 0.6 is 11.6 Å². The number of nitrogen functional groups attached to an aromatic ring is 1. The van der Waals surface area contributed by atoms with E-state index in [1.807, 2.05) is 12.1 Å². The van der Waals surface area contributed by atoms with Gasteiger partial charge in [-0.1, -0.05) is 17.7 Å². The molecule has 0 radical (unpaired) electrons. The predicted molar refractivity (Wildman–Crippen MR) is 71.2 cm³/mol. The number of nitrogens with two attached hydrogens (primary N) is 1. The fourth-order valence-corrected chi connectivity index (χ4v) is 2.63. The van der Waals surface area contributed by atoms with Crippen molar-refractivity contribution < 1.29 is 4.74 Å². The maximum atomic E-state index is 6.18. The van der Waals surface area contributed by atoms with Gasteiger partial charge < -0.3 is 10.5 Å². The summed E-state index contributed by atoms with van der Waals surface area (Å²) in [7, 11) is 2.11. The molecule has 0 amide bonds. The topological polar surface area (TPSA) is 38.5 Å². The van der Waals surface area contributed by atoms with Crippen molar-refractivity contribution in [1.29, 1.82) is 0 Å². The predicted octanol–water partition coefficient (Wildman–Crippen LogP) is 2.53. The van der Waals surface area contributed by atoms with Crippen LogP contribution in [0.4, 0.5) is 5.69 Å². The Bertz CT molecular complexity index is 397. The van der Waals surface area contributed by atoms with Gasteiger partial charge in [-0.2, -0.15) is 0 Å². The van der Waals surface area contributed by atoms with Crippen molar-refractivity contribution in [3.63, 3.8) is 0 Å². The summed E-state index contributed by atoms with van der Waals surface area (Å²) in [6.07, 6.45) is 1.39. The van der Waals surface area contributed by atoms with E-state index >= 15 is 0 Å². The van der Waals surface area contributed by atoms with Crippen LogP contribution in [0.15, 0.2) is 18.2 Å². The second-order valence-corrected chi connectivity index (χ2v) is 5.11. The number of hydrogen-bond acceptors (Lipinski definition) is 3. The number of likely N-dealkylation sites (N-methyl/N-ethyl adjacent to an activating group) is 1. The average Bonchev–Trinajstić information content (AvgIpc) is 2.68. The Morgan fingerprint density at radius 3 is 2.88 bits per heavy atom. The van der Waals surface area contributed by atoms with Gasteiger partial charge in [0.15, 0.2) is 0 Å². The number of ether oxygens (including phenoxy) is 1. The lowest BCUT2D eigenvalue weighted by Crippen LogP contribution is -2.36. The second kappa shape index (κ2) is 5.25. The van der Waals surface area contributed by atoms with Crippen LogP contribution in [0.3, 0.4) is 0 Å². The Labute approximate surface area is 107 Å². The van der Waals surface area contributed by atoms with Crippen LogP contribution in [0.1, 0.15) is 18.9 Å². The third-order valence-electron chi connectivity index (χ3n) is 3.40. The zero-order valence-corrected chi connectivity index (χ0v) is 11.1. The SMILES string of the molecule is CC1OCCC1N(C)Cc1ccc(N)cc1Cl. The first-order valence-corrected chi connectivity index (χ1v) is 6.31. The maximum Gasteiger partial charge on any atom is 0.0703 e. The zero-order valence-electron chi connectivity index (χ0n) is 10.3. The highest BCUT2D eigenvalue weighted by Crippen LogP contribution is 2.24. The van der Waals surface area contributed by atoms with E-state index in [-0.39, 0.29) is 0 Å². The van der Waals surface area contributed by atoms with Gasteiger partial charge in [-0.05, 0) is 38.1 Å². The van der Waals surface area contributed by atoms with E-state index in [0.717, 1.165) is 30.2 Å². The molecule has 1 aromatic rings. The highest BCUT2D eigenvalue weighted by molar-refractivity contribution is 6.31. The standard InChI is InChI=1S/C13H19ClN2O/c1-9-13(5-6-17-9)16(2)8-10-3-4-11(15)7-12(10)14/h3-4,7,9,13H,5-6,8,15H2,1-2H3. The first-order valence-electron chi connectivity index (χ1n) is 5.93. The Morgan fingerprint density at radius 1 is 1.53 bits per heavy atom. The van der Waals surface area contributed by atoms with E-state index in [4.69, 9.17) is 22.1 Å². The molecule has 1 heterocycles. The van der Waals surface area contributed by atoms with E-state index in [2.05, 4.69) is 18.9 Å². The quantitative estimate of drug-likeness (QED) is 0.843. The van der Waals surface area contributed by atoms with Gasteiger partial charge >= 0.3 is 0 Å². The van der Waals surface area contributed by atoms with Crippen LogP contribution < -0.4 is 5.73 Å². The number of nitrogens with zero attached hydrogens (tertiary/aromatic N) is 1. The molecule has 1 aromatic carbocycles. The third kappa shape index (κ3) is 2.92. The molecule has 0 aromatic heterocycles. The summed E-state index contributed by atoms with van der Waals surface area (Å²) in [6, 6.07) is 6.17. The molecule has 1 aliphatic rings. The van der Waals surface area contributed by atoms with Gasteiger partial charge in [0.2, 0.25) is 0 Å². The minimum Gasteiger partial charge on any atom is -0.399 e. The van der Waals surface area contributed by atoms with Crippen molar-refractivity contribution in [2.45, 2.75) is 32.0 Å². The molecule has 2 N–H and O–H groups in total. The van der Waals surface area contributed by atoms with Crippen molar-refractivity contribution in [3.05, 3.63) is 28.8 Å². The molecule has 1 fully saturated rings. The Morgan fingerprint density at radius 2 is 2.29 bits per heavy atom. The third-order valence-corrected chi connectivity index (χ3v) is 3.75. The molecule has 2 atom stereocenters. The van der Waals surface area contributed by atoms with Gasteiger partial charge in [0.1, 0.15) is 0 Å². The van der Waals surface area contributed by atoms with Gasteiger partial charge in [0.05, 0.1) is 6.10 Å². The van der Waals surface area contributed by atoms with E-state index in [9.17, 15) is 0 Å². The van der Waals surface area contributed by atoms with E-state index in [1.165, 1.54) is 0 Å². The van der Waals surface area contributed by atoms with Gasteiger partial charge in [-0.15, -0.1) is 0 Å². The molecule has 3 nitrogen and oxygen atoms in total. The molecule has 0 saturated carbocycles. The van der Waals surface area contributed by atoms with Gasteiger partial charge in [-0.25, -0.2) is 0 Å². The molecule has 1 saturated heterocycles. The van der Waals surface area contributed by atoms with E-state index < -0.39 is 0 Å². The fraction of sp³-hybridized carbons (Fsp3) is 0.538. The molecular weight excluding hydrogens is 236 g/mol. The van der Waals surface area contributed by atoms with Gasteiger partial charge in [-0.3, -0.25) is 4.90 Å². The molecule has 2 unspecified atom stereocenters. The summed E-state index contributed by atoms with van der Waals surface area (Å²) in [6.45, 7) is 3.81. The highest BCUT2D eigenvalue weighted by Gasteiger charge is 2.27. The molecule has 4 heteroatoms. The average molecular weight is 255 g/mol. The van der Waals surface area contributed by atoms with Crippen molar-refractivity contribution >= 4 is 17.3 Å². The summed E-state index contributed by atoms with van der Waals surface area (Å²) in [5.74, 6) is 0. The minimum atomic E-state index is 0.299. The summed E-state index contributed by atoms with van der Waals surface area (Å²) in [4.78, 5) is 2.30. The first kappa shape index (κ1) is 12.7. The van der Waals surface area contributed by atoms with E-state index in [1.54, 1.807) is 6.07 Å². The van der Waals surface area contributed by atoms with Crippen LogP contribution in [-0.2, 0) is 11.3 Å². The van der Waals surface area contributed by atoms with Gasteiger partial charge in [0, 0.05) is 29.9 Å². The Kier molecular flexibility index (Phi) is 3.92. The smallest absolute Gasteiger partial charge is 0.0703 e. The lowest BCUT2D eigenvalue weighted by molar-refractivity contribution is 0.0814. The van der Waals surface area contributed by atoms with Crippen LogP contribution in [0.2, 0.25) is 5.02 Å². The van der Waals surface area contributed by atoms with Crippen molar-refractivity contribution in [2.24, 2.45) is 0 Å². The zero-order chi connectivity index (χ0) is 12.4. The summed E-state index contributed by atoms with van der Waals surface area (Å²) >= 11 is 6.18. The molecule has 94 valence electrons. The normalized spacial score (nSPS) is 24.5. The molecule has 0 spiro atoms. The molecule has 0 bridgehead atoms.